The first kappa shape index (κ1) is 18.9. The van der Waals surface area contributed by atoms with E-state index >= 15 is 0 Å². The summed E-state index contributed by atoms with van der Waals surface area (Å²) in [6, 6.07) is 15.7. The minimum absolute atomic E-state index is 0.0574. The fourth-order valence-corrected chi connectivity index (χ4v) is 2.96. The number of amides is 2. The molecule has 0 atom stereocenters. The van der Waals surface area contributed by atoms with Gasteiger partial charge in [0.05, 0.1) is 17.6 Å². The summed E-state index contributed by atoms with van der Waals surface area (Å²) in [5.74, 6) is -0.836. The number of hydrogen-bond donors (Lipinski definition) is 3. The summed E-state index contributed by atoms with van der Waals surface area (Å²) in [4.78, 5) is 36.2. The Labute approximate surface area is 170 Å². The predicted octanol–water partition coefficient (Wildman–Crippen LogP) is 1.31. The number of aromatic nitrogens is 5. The number of primary amides is 1. The van der Waals surface area contributed by atoms with Crippen molar-refractivity contribution in [2.45, 2.75) is 0 Å². The zero-order valence-electron chi connectivity index (χ0n) is 15.9. The van der Waals surface area contributed by atoms with Crippen LogP contribution in [0.2, 0.25) is 0 Å². The lowest BCUT2D eigenvalue weighted by atomic mass is 10.1. The van der Waals surface area contributed by atoms with E-state index < -0.39 is 11.8 Å². The first-order valence-electron chi connectivity index (χ1n) is 8.92. The fraction of sp³-hybridized carbons (Fsp3) is 0.0500. The van der Waals surface area contributed by atoms with Crippen LogP contribution in [-0.2, 0) is 7.05 Å². The molecular weight excluding hydrogens is 386 g/mol. The van der Waals surface area contributed by atoms with E-state index in [1.54, 1.807) is 43.4 Å². The van der Waals surface area contributed by atoms with E-state index in [4.69, 9.17) is 5.73 Å². The number of aromatic amines is 1. The summed E-state index contributed by atoms with van der Waals surface area (Å²) < 4.78 is 2.80. The summed E-state index contributed by atoms with van der Waals surface area (Å²) in [5, 5.41) is 13.2. The Morgan fingerprint density at radius 1 is 1.10 bits per heavy atom. The van der Waals surface area contributed by atoms with Crippen LogP contribution in [-0.4, -0.2) is 36.4 Å². The average Bonchev–Trinajstić information content (AvgIpc) is 3.32. The molecule has 10 heteroatoms. The van der Waals surface area contributed by atoms with Gasteiger partial charge in [-0.25, -0.2) is 14.6 Å². The van der Waals surface area contributed by atoms with Gasteiger partial charge in [-0.15, -0.1) is 0 Å². The molecule has 0 aliphatic heterocycles. The first-order valence-corrected chi connectivity index (χ1v) is 8.92. The number of carbonyl (C=O) groups is 2. The minimum Gasteiger partial charge on any atom is -0.364 e. The zero-order valence-corrected chi connectivity index (χ0v) is 15.9. The van der Waals surface area contributed by atoms with Crippen molar-refractivity contribution in [2.75, 3.05) is 5.32 Å². The van der Waals surface area contributed by atoms with Crippen LogP contribution >= 0.6 is 0 Å². The van der Waals surface area contributed by atoms with Crippen LogP contribution in [0.5, 0.6) is 0 Å². The van der Waals surface area contributed by atoms with Crippen molar-refractivity contribution in [3.63, 3.8) is 0 Å². The van der Waals surface area contributed by atoms with Crippen molar-refractivity contribution in [2.24, 2.45) is 12.8 Å². The molecule has 0 spiro atoms. The second kappa shape index (κ2) is 7.51. The number of rotatable bonds is 5. The van der Waals surface area contributed by atoms with Crippen LogP contribution in [0.25, 0.3) is 17.1 Å². The first-order chi connectivity index (χ1) is 14.4. The molecule has 0 saturated heterocycles. The monoisotopic (exact) mass is 403 g/mol. The van der Waals surface area contributed by atoms with Gasteiger partial charge >= 0.3 is 5.69 Å². The van der Waals surface area contributed by atoms with E-state index in [1.165, 1.54) is 15.4 Å². The molecule has 30 heavy (non-hydrogen) atoms. The lowest BCUT2D eigenvalue weighted by molar-refractivity contribution is 0.0996. The number of H-pyrrole nitrogens is 1. The minimum atomic E-state index is -0.764. The van der Waals surface area contributed by atoms with E-state index in [9.17, 15) is 14.4 Å². The Hall–Kier alpha value is -4.47. The second-order valence-corrected chi connectivity index (χ2v) is 6.48. The molecule has 0 aliphatic rings. The molecule has 0 fully saturated rings. The summed E-state index contributed by atoms with van der Waals surface area (Å²) >= 11 is 0. The van der Waals surface area contributed by atoms with Gasteiger partial charge in [0.25, 0.3) is 11.8 Å². The summed E-state index contributed by atoms with van der Waals surface area (Å²) in [6.07, 6.45) is 1.52. The number of nitrogens with one attached hydrogen (secondary N) is 2. The molecule has 0 radical (unpaired) electrons. The number of nitrogens with zero attached hydrogens (tertiary/aromatic N) is 4. The van der Waals surface area contributed by atoms with Crippen molar-refractivity contribution < 1.29 is 9.59 Å². The molecular formula is C20H17N7O3. The van der Waals surface area contributed by atoms with Crippen molar-refractivity contribution in [1.82, 2.24) is 24.5 Å². The zero-order chi connectivity index (χ0) is 21.3. The highest BCUT2D eigenvalue weighted by atomic mass is 16.2. The van der Waals surface area contributed by atoms with Crippen LogP contribution in [0.3, 0.4) is 0 Å². The van der Waals surface area contributed by atoms with Gasteiger partial charge in [0.15, 0.2) is 11.5 Å². The molecule has 2 aromatic carbocycles. The standard InChI is InChI=1S/C20H17N7O3/c1-26-18(23-24-20(26)30)12-6-5-7-13(10-12)19(29)22-15-11-27(25-16(15)17(21)28)14-8-3-2-4-9-14/h2-11H,1H3,(H2,21,28)(H,22,29)(H,24,30). The van der Waals surface area contributed by atoms with E-state index in [-0.39, 0.29) is 17.1 Å². The predicted molar refractivity (Wildman–Crippen MR) is 109 cm³/mol. The maximum absolute atomic E-state index is 12.8. The smallest absolute Gasteiger partial charge is 0.343 e. The molecule has 2 aromatic heterocycles. The molecule has 2 amide bonds. The third-order valence-corrected chi connectivity index (χ3v) is 4.48. The third-order valence-electron chi connectivity index (χ3n) is 4.48. The quantitative estimate of drug-likeness (QED) is 0.461. The summed E-state index contributed by atoms with van der Waals surface area (Å²) in [7, 11) is 1.57. The molecule has 4 aromatic rings. The Morgan fingerprint density at radius 2 is 1.87 bits per heavy atom. The van der Waals surface area contributed by atoms with Crippen LogP contribution in [0.4, 0.5) is 5.69 Å². The lowest BCUT2D eigenvalue weighted by Gasteiger charge is -2.06. The van der Waals surface area contributed by atoms with Gasteiger partial charge in [0.1, 0.15) is 0 Å². The molecule has 0 unspecified atom stereocenters. The Morgan fingerprint density at radius 3 is 2.53 bits per heavy atom. The highest BCUT2D eigenvalue weighted by Crippen LogP contribution is 2.20. The molecule has 0 bridgehead atoms. The van der Waals surface area contributed by atoms with Gasteiger partial charge in [-0.2, -0.15) is 10.2 Å². The topological polar surface area (TPSA) is 141 Å². The number of carbonyl (C=O) groups excluding carboxylic acids is 2. The maximum atomic E-state index is 12.8. The average molecular weight is 403 g/mol. The molecule has 2 heterocycles. The molecule has 150 valence electrons. The maximum Gasteiger partial charge on any atom is 0.343 e. The van der Waals surface area contributed by atoms with E-state index in [0.29, 0.717) is 22.6 Å². The highest BCUT2D eigenvalue weighted by molar-refractivity contribution is 6.08. The van der Waals surface area contributed by atoms with Gasteiger partial charge < -0.3 is 11.1 Å². The van der Waals surface area contributed by atoms with Crippen LogP contribution in [0.1, 0.15) is 20.8 Å². The van der Waals surface area contributed by atoms with Crippen LogP contribution in [0, 0.1) is 0 Å². The Kier molecular flexibility index (Phi) is 4.72. The van der Waals surface area contributed by atoms with Crippen molar-refractivity contribution in [1.29, 1.82) is 0 Å². The second-order valence-electron chi connectivity index (χ2n) is 6.48. The Bertz CT molecular complexity index is 1300. The van der Waals surface area contributed by atoms with Gasteiger partial charge in [0, 0.05) is 18.2 Å². The fourth-order valence-electron chi connectivity index (χ4n) is 2.96. The number of anilines is 1. The molecule has 4 N–H and O–H groups in total. The highest BCUT2D eigenvalue weighted by Gasteiger charge is 2.18. The lowest BCUT2D eigenvalue weighted by Crippen LogP contribution is -2.18. The summed E-state index contributed by atoms with van der Waals surface area (Å²) in [6.45, 7) is 0. The SMILES string of the molecule is Cn1c(-c2cccc(C(=O)Nc3cn(-c4ccccc4)nc3C(N)=O)c2)n[nH]c1=O. The Balaban J connectivity index is 1.65. The van der Waals surface area contributed by atoms with Gasteiger partial charge in [0.2, 0.25) is 0 Å². The van der Waals surface area contributed by atoms with Crippen LogP contribution < -0.4 is 16.7 Å². The number of para-hydroxylation sites is 1. The summed E-state index contributed by atoms with van der Waals surface area (Å²) in [5.41, 5.74) is 6.80. The van der Waals surface area contributed by atoms with E-state index in [0.717, 1.165) is 0 Å². The number of nitrogens with two attached hydrogens (primary N) is 1. The molecule has 10 nitrogen and oxygen atoms in total. The normalized spacial score (nSPS) is 10.7. The van der Waals surface area contributed by atoms with Crippen molar-refractivity contribution in [3.8, 4) is 17.1 Å². The van der Waals surface area contributed by atoms with Gasteiger partial charge in [-0.05, 0) is 24.3 Å². The molecule has 0 saturated carbocycles. The van der Waals surface area contributed by atoms with Crippen molar-refractivity contribution >= 4 is 17.5 Å². The largest absolute Gasteiger partial charge is 0.364 e. The van der Waals surface area contributed by atoms with Gasteiger partial charge in [-0.3, -0.25) is 14.2 Å². The van der Waals surface area contributed by atoms with Crippen molar-refractivity contribution in [3.05, 3.63) is 82.5 Å². The van der Waals surface area contributed by atoms with Gasteiger partial charge in [-0.1, -0.05) is 30.3 Å². The molecule has 4 rings (SSSR count). The third kappa shape index (κ3) is 3.49. The number of benzene rings is 2. The number of hydrogen-bond acceptors (Lipinski definition) is 5. The van der Waals surface area contributed by atoms with E-state index in [2.05, 4.69) is 20.6 Å². The van der Waals surface area contributed by atoms with Crippen LogP contribution in [0.15, 0.2) is 65.6 Å². The van der Waals surface area contributed by atoms with E-state index in [1.807, 2.05) is 18.2 Å². The molecule has 0 aliphatic carbocycles.